The number of hydrogen-bond acceptors (Lipinski definition) is 2. The van der Waals surface area contributed by atoms with Gasteiger partial charge in [0, 0.05) is 11.1 Å². The van der Waals surface area contributed by atoms with E-state index in [0.717, 1.165) is 0 Å². The number of hydrogen-bond donors (Lipinski definition) is 0. The van der Waals surface area contributed by atoms with Crippen molar-refractivity contribution in [3.8, 4) is 0 Å². The summed E-state index contributed by atoms with van der Waals surface area (Å²) in [6.07, 6.45) is 6.67. The molecule has 1 rings (SSSR count). The maximum atomic E-state index is 5.54. The van der Waals surface area contributed by atoms with E-state index < -0.39 is 9.06 Å². The summed E-state index contributed by atoms with van der Waals surface area (Å²) in [6, 6.07) is 10.3. The fourth-order valence-corrected chi connectivity index (χ4v) is 2.29. The van der Waals surface area contributed by atoms with Gasteiger partial charge in [-0.2, -0.15) is 9.06 Å². The van der Waals surface area contributed by atoms with Crippen LogP contribution < -0.4 is 0 Å². The summed E-state index contributed by atoms with van der Waals surface area (Å²) in [7, 11) is -0.600. The molecule has 0 amide bonds. The predicted octanol–water partition coefficient (Wildman–Crippen LogP) is 3.46. The van der Waals surface area contributed by atoms with E-state index in [4.69, 9.17) is 4.18 Å². The summed E-state index contributed by atoms with van der Waals surface area (Å²) in [5.74, 6) is 0. The van der Waals surface area contributed by atoms with Crippen LogP contribution in [-0.2, 0) is 10.8 Å². The average Bonchev–Trinajstić information content (AvgIpc) is 2.04. The first-order valence-electron chi connectivity index (χ1n) is 4.11. The van der Waals surface area contributed by atoms with Crippen LogP contribution in [0.4, 0.5) is 0 Å². The van der Waals surface area contributed by atoms with Gasteiger partial charge >= 0.3 is 0 Å². The molecule has 0 aliphatic rings. The van der Waals surface area contributed by atoms with Crippen LogP contribution in [0, 0.1) is 0 Å². The minimum Gasteiger partial charge on any atom is -0.301 e. The van der Waals surface area contributed by atoms with Crippen molar-refractivity contribution < 1.29 is 4.18 Å². The molecule has 0 N–H and O–H groups in total. The Labute approximate surface area is 85.8 Å². The highest BCUT2D eigenvalue weighted by Gasteiger charge is 2.04. The molecule has 0 atom stereocenters. The van der Waals surface area contributed by atoms with Crippen molar-refractivity contribution >= 4 is 20.1 Å². The van der Waals surface area contributed by atoms with E-state index >= 15 is 0 Å². The van der Waals surface area contributed by atoms with Crippen LogP contribution in [0.25, 0.3) is 0 Å². The van der Waals surface area contributed by atoms with Crippen molar-refractivity contribution in [2.24, 2.45) is 0 Å². The molecule has 74 valence electrons. The summed E-state index contributed by atoms with van der Waals surface area (Å²) < 4.78 is 5.54. The van der Waals surface area contributed by atoms with Gasteiger partial charge in [-0.05, 0) is 24.3 Å². The molecule has 3 heteroatoms. The molecular weight excluding hydrogens is 200 g/mol. The van der Waals surface area contributed by atoms with Gasteiger partial charge in [-0.25, -0.2) is 0 Å². The number of rotatable bonds is 4. The lowest BCUT2D eigenvalue weighted by atomic mass is 10.2. The van der Waals surface area contributed by atoms with Crippen LogP contribution in [0.5, 0.6) is 0 Å². The first kappa shape index (κ1) is 11.0. The fraction of sp³-hybridized carbons (Fsp3) is 0.400. The largest absolute Gasteiger partial charge is 0.301 e. The molecule has 0 aliphatic carbocycles. The Morgan fingerprint density at radius 2 is 1.77 bits per heavy atom. The predicted molar refractivity (Wildman–Crippen MR) is 64.2 cm³/mol. The van der Waals surface area contributed by atoms with Gasteiger partial charge in [-0.1, -0.05) is 30.3 Å². The van der Waals surface area contributed by atoms with Crippen molar-refractivity contribution in [2.75, 3.05) is 18.8 Å². The minimum atomic E-state index is -0.600. The zero-order valence-electron chi connectivity index (χ0n) is 8.32. The highest BCUT2D eigenvalue weighted by atomic mass is 33.2. The number of benzene rings is 1. The van der Waals surface area contributed by atoms with E-state index in [0.29, 0.717) is 6.61 Å². The Morgan fingerprint density at radius 1 is 1.15 bits per heavy atom. The highest BCUT2D eigenvalue weighted by molar-refractivity contribution is 8.92. The van der Waals surface area contributed by atoms with Crippen LogP contribution in [-0.4, -0.2) is 18.8 Å². The Bertz CT molecular complexity index is 241. The first-order chi connectivity index (χ1) is 6.08. The molecule has 0 spiro atoms. The molecule has 1 aromatic rings. The van der Waals surface area contributed by atoms with E-state index in [2.05, 4.69) is 30.9 Å². The molecule has 1 aromatic carbocycles. The van der Waals surface area contributed by atoms with Crippen LogP contribution in [0.2, 0.25) is 0 Å². The van der Waals surface area contributed by atoms with Crippen molar-refractivity contribution in [3.05, 3.63) is 35.9 Å². The Hall–Kier alpha value is -0.120. The minimum absolute atomic E-state index is 0.600. The lowest BCUT2D eigenvalue weighted by Gasteiger charge is -2.22. The Kier molecular flexibility index (Phi) is 4.16. The molecule has 0 heterocycles. The zero-order chi connectivity index (χ0) is 9.73. The van der Waals surface area contributed by atoms with Gasteiger partial charge in [-0.15, -0.1) is 0 Å². The summed E-state index contributed by atoms with van der Waals surface area (Å²) in [4.78, 5) is 0. The van der Waals surface area contributed by atoms with E-state index in [-0.39, 0.29) is 0 Å². The maximum absolute atomic E-state index is 5.54. The van der Waals surface area contributed by atoms with Gasteiger partial charge in [0.2, 0.25) is 0 Å². The fourth-order valence-electron chi connectivity index (χ4n) is 0.811. The molecular formula is C10H16OS2. The quantitative estimate of drug-likeness (QED) is 0.563. The molecule has 0 fully saturated rings. The summed E-state index contributed by atoms with van der Waals surface area (Å²) >= 11 is 1.61. The van der Waals surface area contributed by atoms with Crippen LogP contribution in [0.1, 0.15) is 5.56 Å². The molecule has 0 bridgehead atoms. The maximum Gasteiger partial charge on any atom is 0.0874 e. The van der Waals surface area contributed by atoms with Crippen LogP contribution >= 0.6 is 20.1 Å². The third-order valence-corrected chi connectivity index (χ3v) is 3.46. The smallest absolute Gasteiger partial charge is 0.0874 e. The van der Waals surface area contributed by atoms with Gasteiger partial charge in [0.05, 0.1) is 6.61 Å². The van der Waals surface area contributed by atoms with E-state index in [1.54, 1.807) is 11.1 Å². The van der Waals surface area contributed by atoms with E-state index in [9.17, 15) is 0 Å². The SMILES string of the molecule is CS(C)(C)SOCc1ccccc1. The molecule has 13 heavy (non-hydrogen) atoms. The second kappa shape index (κ2) is 4.94. The molecule has 0 aliphatic heterocycles. The Balaban J connectivity index is 2.29. The first-order valence-corrected chi connectivity index (χ1v) is 8.23. The van der Waals surface area contributed by atoms with Crippen molar-refractivity contribution in [1.82, 2.24) is 0 Å². The summed E-state index contributed by atoms with van der Waals surface area (Å²) in [5, 5.41) is 0. The molecule has 0 saturated heterocycles. The Morgan fingerprint density at radius 3 is 2.31 bits per heavy atom. The van der Waals surface area contributed by atoms with Crippen molar-refractivity contribution in [1.29, 1.82) is 0 Å². The molecule has 0 saturated carbocycles. The topological polar surface area (TPSA) is 9.23 Å². The third kappa shape index (κ3) is 5.24. The van der Waals surface area contributed by atoms with Gasteiger partial charge in [0.1, 0.15) is 0 Å². The van der Waals surface area contributed by atoms with Crippen molar-refractivity contribution in [3.63, 3.8) is 0 Å². The van der Waals surface area contributed by atoms with Crippen LogP contribution in [0.15, 0.2) is 30.3 Å². The molecule has 0 unspecified atom stereocenters. The lowest BCUT2D eigenvalue weighted by molar-refractivity contribution is 0.369. The standard InChI is InChI=1S/C10H16OS2/c1-13(2,3)12-11-9-10-7-5-4-6-8-10/h4-8H,9H2,1-3H3. The van der Waals surface area contributed by atoms with E-state index in [1.807, 2.05) is 18.2 Å². The van der Waals surface area contributed by atoms with Gasteiger partial charge in [0.15, 0.2) is 0 Å². The summed E-state index contributed by atoms with van der Waals surface area (Å²) in [5.41, 5.74) is 1.23. The van der Waals surface area contributed by atoms with Gasteiger partial charge < -0.3 is 4.18 Å². The normalized spacial score (nSPS) is 12.8. The van der Waals surface area contributed by atoms with Gasteiger partial charge in [0.25, 0.3) is 0 Å². The summed E-state index contributed by atoms with van der Waals surface area (Å²) in [6.45, 7) is 0.704. The molecule has 0 radical (unpaired) electrons. The van der Waals surface area contributed by atoms with Gasteiger partial charge in [-0.3, -0.25) is 0 Å². The zero-order valence-corrected chi connectivity index (χ0v) is 9.95. The highest BCUT2D eigenvalue weighted by Crippen LogP contribution is 2.50. The van der Waals surface area contributed by atoms with E-state index in [1.165, 1.54) is 5.56 Å². The van der Waals surface area contributed by atoms with Crippen molar-refractivity contribution in [2.45, 2.75) is 6.61 Å². The second-order valence-electron chi connectivity index (χ2n) is 3.54. The third-order valence-electron chi connectivity index (χ3n) is 1.32. The van der Waals surface area contributed by atoms with Crippen LogP contribution in [0.3, 0.4) is 0 Å². The molecule has 0 aromatic heterocycles. The lowest BCUT2D eigenvalue weighted by Crippen LogP contribution is -1.89. The monoisotopic (exact) mass is 216 g/mol. The second-order valence-corrected chi connectivity index (χ2v) is 10.8. The molecule has 1 nitrogen and oxygen atoms in total. The average molecular weight is 216 g/mol.